The van der Waals surface area contributed by atoms with Crippen LogP contribution in [0, 0.1) is 6.92 Å². The van der Waals surface area contributed by atoms with Crippen LogP contribution < -0.4 is 0 Å². The molecule has 6 nitrogen and oxygen atoms in total. The average molecular weight is 408 g/mol. The number of hydrogen-bond acceptors (Lipinski definition) is 6. The van der Waals surface area contributed by atoms with Gasteiger partial charge in [0.15, 0.2) is 0 Å². The van der Waals surface area contributed by atoms with E-state index in [4.69, 9.17) is 19.4 Å². The summed E-state index contributed by atoms with van der Waals surface area (Å²) in [4.78, 5) is 17.1. The lowest BCUT2D eigenvalue weighted by Gasteiger charge is -2.30. The SMILES string of the molecule is C=CCOC1C2CCC1N(Cc1scnc1C)CCO2.O=C(O)C(F)(F)F. The van der Waals surface area contributed by atoms with Crippen LogP contribution in [0.4, 0.5) is 13.2 Å². The van der Waals surface area contributed by atoms with Gasteiger partial charge >= 0.3 is 12.1 Å². The van der Waals surface area contributed by atoms with Crippen LogP contribution in [-0.2, 0) is 20.8 Å². The highest BCUT2D eigenvalue weighted by molar-refractivity contribution is 7.09. The molecule has 2 fully saturated rings. The number of thiazole rings is 1. The number of alkyl halides is 3. The van der Waals surface area contributed by atoms with Gasteiger partial charge in [-0.15, -0.1) is 17.9 Å². The number of carboxylic acids is 1. The maximum Gasteiger partial charge on any atom is 0.490 e. The molecule has 0 aromatic carbocycles. The number of carbonyl (C=O) groups is 1. The molecule has 1 aromatic heterocycles. The summed E-state index contributed by atoms with van der Waals surface area (Å²) < 4.78 is 43.7. The van der Waals surface area contributed by atoms with E-state index in [1.165, 1.54) is 4.88 Å². The van der Waals surface area contributed by atoms with Gasteiger partial charge in [0.2, 0.25) is 0 Å². The van der Waals surface area contributed by atoms with Gasteiger partial charge in [-0.1, -0.05) is 6.08 Å². The second-order valence-electron chi connectivity index (χ2n) is 6.27. The first kappa shape index (κ1) is 21.8. The van der Waals surface area contributed by atoms with Crippen LogP contribution in [0.5, 0.6) is 0 Å². The van der Waals surface area contributed by atoms with Crippen molar-refractivity contribution < 1.29 is 32.5 Å². The van der Waals surface area contributed by atoms with Crippen LogP contribution in [0.2, 0.25) is 0 Å². The molecule has 1 aromatic rings. The molecule has 27 heavy (non-hydrogen) atoms. The quantitative estimate of drug-likeness (QED) is 0.756. The second kappa shape index (κ2) is 9.63. The van der Waals surface area contributed by atoms with E-state index >= 15 is 0 Å². The van der Waals surface area contributed by atoms with Gasteiger partial charge in [0, 0.05) is 24.0 Å². The zero-order valence-electron chi connectivity index (χ0n) is 14.9. The Bertz CT molecular complexity index is 638. The standard InChI is InChI=1S/C15H22N2O2S.C2HF3O2/c1-3-7-19-15-12-4-5-13(15)18-8-6-17(12)9-14-11(2)16-10-20-14;3-2(4,5)1(6)7/h3,10,12-13,15H,1,4-9H2,2H3;(H,6,7). The summed E-state index contributed by atoms with van der Waals surface area (Å²) in [5, 5.41) is 7.12. The highest BCUT2D eigenvalue weighted by Gasteiger charge is 2.43. The summed E-state index contributed by atoms with van der Waals surface area (Å²) in [5.74, 6) is -2.76. The fourth-order valence-electron chi connectivity index (χ4n) is 3.22. The van der Waals surface area contributed by atoms with Crippen molar-refractivity contribution in [2.75, 3.05) is 19.8 Å². The molecule has 0 radical (unpaired) electrons. The van der Waals surface area contributed by atoms with E-state index in [9.17, 15) is 13.2 Å². The molecular formula is C17H23F3N2O4S. The zero-order valence-corrected chi connectivity index (χ0v) is 15.8. The van der Waals surface area contributed by atoms with Gasteiger partial charge in [0.25, 0.3) is 0 Å². The van der Waals surface area contributed by atoms with E-state index in [1.807, 2.05) is 11.6 Å². The molecular weight excluding hydrogens is 385 g/mol. The maximum absolute atomic E-state index is 10.6. The molecule has 1 saturated heterocycles. The lowest BCUT2D eigenvalue weighted by molar-refractivity contribution is -0.192. The maximum atomic E-state index is 10.6. The lowest BCUT2D eigenvalue weighted by atomic mass is 10.1. The van der Waals surface area contributed by atoms with Gasteiger partial charge in [0.1, 0.15) is 0 Å². The molecule has 2 aliphatic rings. The van der Waals surface area contributed by atoms with Gasteiger partial charge in [-0.05, 0) is 19.8 Å². The van der Waals surface area contributed by atoms with Crippen LogP contribution in [0.25, 0.3) is 0 Å². The summed E-state index contributed by atoms with van der Waals surface area (Å²) in [6, 6.07) is 0.462. The van der Waals surface area contributed by atoms with E-state index in [-0.39, 0.29) is 12.2 Å². The van der Waals surface area contributed by atoms with Crippen molar-refractivity contribution in [3.05, 3.63) is 28.7 Å². The van der Waals surface area contributed by atoms with Crippen LogP contribution in [0.3, 0.4) is 0 Å². The summed E-state index contributed by atoms with van der Waals surface area (Å²) in [6.07, 6.45) is -0.562. The van der Waals surface area contributed by atoms with Crippen molar-refractivity contribution >= 4 is 17.3 Å². The monoisotopic (exact) mass is 408 g/mol. The number of rotatable bonds is 5. The van der Waals surface area contributed by atoms with E-state index in [0.29, 0.717) is 12.6 Å². The molecule has 2 heterocycles. The fourth-order valence-corrected chi connectivity index (χ4v) is 4.03. The normalized spacial score (nSPS) is 25.4. The van der Waals surface area contributed by atoms with Crippen LogP contribution in [0.1, 0.15) is 23.4 Å². The van der Waals surface area contributed by atoms with Gasteiger partial charge in [-0.2, -0.15) is 13.2 Å². The van der Waals surface area contributed by atoms with E-state index in [1.54, 1.807) is 11.3 Å². The Labute approximate surface area is 159 Å². The van der Waals surface area contributed by atoms with Crippen LogP contribution in [-0.4, -0.2) is 65.1 Å². The summed E-state index contributed by atoms with van der Waals surface area (Å²) in [6.45, 7) is 9.18. The predicted octanol–water partition coefficient (Wildman–Crippen LogP) is 3.02. The second-order valence-corrected chi connectivity index (χ2v) is 7.21. The molecule has 3 unspecified atom stereocenters. The molecule has 1 aliphatic carbocycles. The van der Waals surface area contributed by atoms with Crippen molar-refractivity contribution in [1.82, 2.24) is 9.88 Å². The first-order chi connectivity index (χ1) is 12.7. The van der Waals surface area contributed by atoms with Crippen molar-refractivity contribution in [2.45, 2.75) is 50.7 Å². The van der Waals surface area contributed by atoms with Crippen LogP contribution in [0.15, 0.2) is 18.2 Å². The summed E-state index contributed by atoms with van der Waals surface area (Å²) >= 11 is 1.74. The number of fused-ring (bicyclic) bond motifs is 2. The first-order valence-electron chi connectivity index (χ1n) is 8.51. The fraction of sp³-hybridized carbons (Fsp3) is 0.647. The molecule has 10 heteroatoms. The van der Waals surface area contributed by atoms with Crippen LogP contribution >= 0.6 is 11.3 Å². The van der Waals surface area contributed by atoms with Gasteiger partial charge < -0.3 is 14.6 Å². The van der Waals surface area contributed by atoms with E-state index in [2.05, 4.69) is 23.4 Å². The largest absolute Gasteiger partial charge is 0.490 e. The lowest BCUT2D eigenvalue weighted by Crippen LogP contribution is -2.42. The summed E-state index contributed by atoms with van der Waals surface area (Å²) in [7, 11) is 0. The van der Waals surface area contributed by atoms with Gasteiger partial charge in [-0.25, -0.2) is 9.78 Å². The van der Waals surface area contributed by atoms with Crippen molar-refractivity contribution in [1.29, 1.82) is 0 Å². The Balaban J connectivity index is 0.000000321. The highest BCUT2D eigenvalue weighted by atomic mass is 32.1. The van der Waals surface area contributed by atoms with Crippen molar-refractivity contribution in [3.63, 3.8) is 0 Å². The molecule has 2 bridgehead atoms. The first-order valence-corrected chi connectivity index (χ1v) is 9.39. The van der Waals surface area contributed by atoms with E-state index in [0.717, 1.165) is 38.2 Å². The molecule has 3 rings (SSSR count). The number of aliphatic carboxylic acids is 1. The van der Waals surface area contributed by atoms with Crippen molar-refractivity contribution in [2.24, 2.45) is 0 Å². The third-order valence-electron chi connectivity index (χ3n) is 4.51. The number of halogens is 3. The Hall–Kier alpha value is -1.49. The topological polar surface area (TPSA) is 71.9 Å². The van der Waals surface area contributed by atoms with E-state index < -0.39 is 12.1 Å². The minimum atomic E-state index is -5.08. The van der Waals surface area contributed by atoms with Gasteiger partial charge in [0.05, 0.1) is 36.6 Å². The third-order valence-corrected chi connectivity index (χ3v) is 5.43. The summed E-state index contributed by atoms with van der Waals surface area (Å²) in [5.41, 5.74) is 3.08. The average Bonchev–Trinajstić information content (AvgIpc) is 3.12. The smallest absolute Gasteiger partial charge is 0.475 e. The third kappa shape index (κ3) is 6.00. The molecule has 152 valence electrons. The Kier molecular flexibility index (Phi) is 7.78. The Morgan fingerprint density at radius 1 is 1.56 bits per heavy atom. The van der Waals surface area contributed by atoms with Gasteiger partial charge in [-0.3, -0.25) is 4.90 Å². The molecule has 0 spiro atoms. The number of ether oxygens (including phenoxy) is 2. The Morgan fingerprint density at radius 3 is 2.81 bits per heavy atom. The Morgan fingerprint density at radius 2 is 2.26 bits per heavy atom. The number of aryl methyl sites for hydroxylation is 1. The highest BCUT2D eigenvalue weighted by Crippen LogP contribution is 2.33. The predicted molar refractivity (Wildman–Crippen MR) is 93.7 cm³/mol. The molecule has 1 saturated carbocycles. The molecule has 3 atom stereocenters. The number of aromatic nitrogens is 1. The minimum absolute atomic E-state index is 0.184. The number of hydrogen-bond donors (Lipinski definition) is 1. The number of carboxylic acid groups (broad SMARTS) is 1. The zero-order chi connectivity index (χ0) is 20.0. The molecule has 1 aliphatic heterocycles. The molecule has 0 amide bonds. The number of nitrogens with zero attached hydrogens (tertiary/aromatic N) is 2. The van der Waals surface area contributed by atoms with Crippen molar-refractivity contribution in [3.8, 4) is 0 Å². The molecule has 1 N–H and O–H groups in total. The minimum Gasteiger partial charge on any atom is -0.475 e.